The fourth-order valence-electron chi connectivity index (χ4n) is 1.35. The third kappa shape index (κ3) is 3.38. The van der Waals surface area contributed by atoms with E-state index >= 15 is 0 Å². The molecule has 1 unspecified atom stereocenters. The van der Waals surface area contributed by atoms with Gasteiger partial charge in [-0.15, -0.1) is 0 Å². The monoisotopic (exact) mass is 180 g/mol. The number of allylic oxidation sites excluding steroid dienone is 4. The molecular formula is C13H24. The first-order valence-electron chi connectivity index (χ1n) is 5.23. The molecule has 0 heterocycles. The van der Waals surface area contributed by atoms with Gasteiger partial charge in [-0.1, -0.05) is 25.0 Å². The van der Waals surface area contributed by atoms with Crippen LogP contribution in [0, 0.1) is 5.92 Å². The smallest absolute Gasteiger partial charge is 0.0231 e. The Morgan fingerprint density at radius 3 is 1.69 bits per heavy atom. The van der Waals surface area contributed by atoms with E-state index in [1.165, 1.54) is 23.1 Å². The van der Waals surface area contributed by atoms with E-state index in [2.05, 4.69) is 48.5 Å². The van der Waals surface area contributed by atoms with Crippen LogP contribution >= 0.6 is 0 Å². The van der Waals surface area contributed by atoms with Gasteiger partial charge in [0.05, 0.1) is 0 Å². The van der Waals surface area contributed by atoms with Crippen molar-refractivity contribution in [1.82, 2.24) is 0 Å². The molecule has 0 aromatic heterocycles. The zero-order valence-corrected chi connectivity index (χ0v) is 10.3. The highest BCUT2D eigenvalue weighted by Gasteiger charge is 2.06. The van der Waals surface area contributed by atoms with Crippen molar-refractivity contribution in [2.45, 2.75) is 54.9 Å². The molecule has 0 aliphatic carbocycles. The summed E-state index contributed by atoms with van der Waals surface area (Å²) in [5.74, 6) is 0.717. The molecular weight excluding hydrogens is 156 g/mol. The second-order valence-corrected chi connectivity index (χ2v) is 4.24. The van der Waals surface area contributed by atoms with Crippen LogP contribution in [-0.4, -0.2) is 0 Å². The van der Waals surface area contributed by atoms with Crippen LogP contribution in [0.4, 0.5) is 0 Å². The number of hydrogen-bond acceptors (Lipinski definition) is 0. The van der Waals surface area contributed by atoms with Gasteiger partial charge in [0.1, 0.15) is 0 Å². The van der Waals surface area contributed by atoms with Gasteiger partial charge in [0.2, 0.25) is 0 Å². The quantitative estimate of drug-likeness (QED) is 0.551. The Balaban J connectivity index is 4.93. The third-order valence-electron chi connectivity index (χ3n) is 3.26. The maximum Gasteiger partial charge on any atom is -0.0231 e. The second kappa shape index (κ2) is 5.26. The molecule has 76 valence electrons. The van der Waals surface area contributed by atoms with Gasteiger partial charge >= 0.3 is 0 Å². The van der Waals surface area contributed by atoms with E-state index in [4.69, 9.17) is 0 Å². The highest BCUT2D eigenvalue weighted by molar-refractivity contribution is 5.34. The highest BCUT2D eigenvalue weighted by atomic mass is 14.1. The van der Waals surface area contributed by atoms with Gasteiger partial charge in [0, 0.05) is 0 Å². The molecule has 0 aromatic carbocycles. The van der Waals surface area contributed by atoms with Crippen LogP contribution < -0.4 is 0 Å². The second-order valence-electron chi connectivity index (χ2n) is 4.24. The first kappa shape index (κ1) is 12.5. The Labute approximate surface area is 83.7 Å². The molecule has 0 rings (SSSR count). The minimum absolute atomic E-state index is 0.717. The van der Waals surface area contributed by atoms with Crippen LogP contribution in [0.2, 0.25) is 0 Å². The Bertz CT molecular complexity index is 224. The summed E-state index contributed by atoms with van der Waals surface area (Å²) in [6.07, 6.45) is 1.24. The minimum Gasteiger partial charge on any atom is -0.0732 e. The minimum atomic E-state index is 0.717. The van der Waals surface area contributed by atoms with Crippen LogP contribution in [0.25, 0.3) is 0 Å². The molecule has 0 fully saturated rings. The normalized spacial score (nSPS) is 15.0. The number of rotatable bonds is 3. The standard InChI is InChI=1S/C13H24/c1-8-10(4)12(6)13(7)11(5)9(2)3/h10H,8H2,1-7H3. The number of hydrogen-bond donors (Lipinski definition) is 0. The maximum atomic E-state index is 2.30. The summed E-state index contributed by atoms with van der Waals surface area (Å²) in [6.45, 7) is 15.6. The average Bonchev–Trinajstić information content (AvgIpc) is 2.12. The third-order valence-corrected chi connectivity index (χ3v) is 3.26. The van der Waals surface area contributed by atoms with E-state index < -0.39 is 0 Å². The molecule has 0 N–H and O–H groups in total. The predicted molar refractivity (Wildman–Crippen MR) is 61.9 cm³/mol. The summed E-state index contributed by atoms with van der Waals surface area (Å²) in [5, 5.41) is 0. The van der Waals surface area contributed by atoms with Crippen LogP contribution in [0.5, 0.6) is 0 Å². The molecule has 1 atom stereocenters. The maximum absolute atomic E-state index is 2.30. The molecule has 0 amide bonds. The highest BCUT2D eigenvalue weighted by Crippen LogP contribution is 2.23. The topological polar surface area (TPSA) is 0 Å². The van der Waals surface area contributed by atoms with Gasteiger partial charge in [-0.05, 0) is 58.1 Å². The lowest BCUT2D eigenvalue weighted by Gasteiger charge is -2.15. The van der Waals surface area contributed by atoms with E-state index in [9.17, 15) is 0 Å². The largest absolute Gasteiger partial charge is 0.0732 e. The summed E-state index contributed by atoms with van der Waals surface area (Å²) in [4.78, 5) is 0. The van der Waals surface area contributed by atoms with Crippen molar-refractivity contribution >= 4 is 0 Å². The summed E-state index contributed by atoms with van der Waals surface area (Å²) >= 11 is 0. The summed E-state index contributed by atoms with van der Waals surface area (Å²) in [5.41, 5.74) is 5.91. The Morgan fingerprint density at radius 1 is 0.923 bits per heavy atom. The molecule has 0 saturated heterocycles. The Hall–Kier alpha value is -0.520. The van der Waals surface area contributed by atoms with E-state index in [0.29, 0.717) is 5.92 Å². The Kier molecular flexibility index (Phi) is 5.05. The molecule has 0 saturated carbocycles. The van der Waals surface area contributed by atoms with E-state index in [-0.39, 0.29) is 0 Å². The van der Waals surface area contributed by atoms with E-state index in [0.717, 1.165) is 0 Å². The molecule has 0 bridgehead atoms. The summed E-state index contributed by atoms with van der Waals surface area (Å²) < 4.78 is 0. The van der Waals surface area contributed by atoms with Crippen molar-refractivity contribution < 1.29 is 0 Å². The van der Waals surface area contributed by atoms with Crippen LogP contribution in [0.3, 0.4) is 0 Å². The van der Waals surface area contributed by atoms with Gasteiger partial charge in [-0.2, -0.15) is 0 Å². The molecule has 0 spiro atoms. The Morgan fingerprint density at radius 2 is 1.38 bits per heavy atom. The van der Waals surface area contributed by atoms with Crippen LogP contribution in [-0.2, 0) is 0 Å². The lowest BCUT2D eigenvalue weighted by Crippen LogP contribution is -1.98. The molecule has 0 aliphatic rings. The summed E-state index contributed by atoms with van der Waals surface area (Å²) in [7, 11) is 0. The van der Waals surface area contributed by atoms with Gasteiger partial charge in [-0.25, -0.2) is 0 Å². The first-order chi connectivity index (χ1) is 5.91. The fourth-order valence-corrected chi connectivity index (χ4v) is 1.35. The van der Waals surface area contributed by atoms with Crippen molar-refractivity contribution in [1.29, 1.82) is 0 Å². The van der Waals surface area contributed by atoms with Crippen molar-refractivity contribution in [2.75, 3.05) is 0 Å². The van der Waals surface area contributed by atoms with Gasteiger partial charge in [-0.3, -0.25) is 0 Å². The van der Waals surface area contributed by atoms with Crippen molar-refractivity contribution in [3.8, 4) is 0 Å². The molecule has 0 heteroatoms. The zero-order valence-electron chi connectivity index (χ0n) is 10.3. The molecule has 0 nitrogen and oxygen atoms in total. The average molecular weight is 180 g/mol. The first-order valence-corrected chi connectivity index (χ1v) is 5.23. The SMILES string of the molecule is CCC(C)C(C)=C(C)C(C)=C(C)C. The van der Waals surface area contributed by atoms with E-state index in [1.54, 1.807) is 5.57 Å². The fraction of sp³-hybridized carbons (Fsp3) is 0.692. The molecule has 0 aliphatic heterocycles. The lowest BCUT2D eigenvalue weighted by molar-refractivity contribution is 0.649. The van der Waals surface area contributed by atoms with Gasteiger partial charge < -0.3 is 0 Å². The summed E-state index contributed by atoms with van der Waals surface area (Å²) in [6, 6.07) is 0. The predicted octanol–water partition coefficient (Wildman–Crippen LogP) is 4.73. The van der Waals surface area contributed by atoms with Crippen molar-refractivity contribution in [3.63, 3.8) is 0 Å². The van der Waals surface area contributed by atoms with Crippen molar-refractivity contribution in [2.24, 2.45) is 5.92 Å². The molecule has 0 radical (unpaired) electrons. The lowest BCUT2D eigenvalue weighted by atomic mass is 9.91. The van der Waals surface area contributed by atoms with Crippen LogP contribution in [0.1, 0.15) is 54.9 Å². The molecule has 13 heavy (non-hydrogen) atoms. The van der Waals surface area contributed by atoms with Crippen LogP contribution in [0.15, 0.2) is 22.3 Å². The molecule has 0 aromatic rings. The zero-order chi connectivity index (χ0) is 10.6. The van der Waals surface area contributed by atoms with Gasteiger partial charge in [0.25, 0.3) is 0 Å². The van der Waals surface area contributed by atoms with Crippen molar-refractivity contribution in [3.05, 3.63) is 22.3 Å². The van der Waals surface area contributed by atoms with E-state index in [1.807, 2.05) is 0 Å². The van der Waals surface area contributed by atoms with Gasteiger partial charge in [0.15, 0.2) is 0 Å².